The fraction of sp³-hybridized carbons (Fsp3) is 0.250. The van der Waals surface area contributed by atoms with Gasteiger partial charge in [0.1, 0.15) is 0 Å². The van der Waals surface area contributed by atoms with Crippen molar-refractivity contribution in [3.63, 3.8) is 0 Å². The van der Waals surface area contributed by atoms with E-state index < -0.39 is 18.3 Å². The zero-order chi connectivity index (χ0) is 10.7. The molecule has 72 valence electrons. The van der Waals surface area contributed by atoms with Gasteiger partial charge < -0.3 is 39.9 Å². The Morgan fingerprint density at radius 3 is 0.929 bits per heavy atom. The number of carbonyl (C=O) groups is 3. The Kier molecular flexibility index (Phi) is 48.8. The van der Waals surface area contributed by atoms with Crippen LogP contribution in [0.4, 0.5) is 9.59 Å². The summed E-state index contributed by atoms with van der Waals surface area (Å²) in [5.41, 5.74) is 0. The summed E-state index contributed by atoms with van der Waals surface area (Å²) < 4.78 is 0. The average Bonchev–Trinajstić information content (AvgIpc) is 1.54. The van der Waals surface area contributed by atoms with Gasteiger partial charge in [-0.25, -0.2) is 0 Å². The first-order valence-corrected chi connectivity index (χ1v) is 2.17. The van der Waals surface area contributed by atoms with Gasteiger partial charge in [-0.2, -0.15) is 0 Å². The Labute approximate surface area is 137 Å². The van der Waals surface area contributed by atoms with Crippen molar-refractivity contribution in [2.45, 2.75) is 6.92 Å². The SMILES string of the molecule is CC(=O)[O-].O=C([O-])O.O=C([O-])O.[K+].[Mg+2]. The van der Waals surface area contributed by atoms with Crippen molar-refractivity contribution in [3.05, 3.63) is 0 Å². The number of aliphatic carboxylic acids is 1. The van der Waals surface area contributed by atoms with Crippen LogP contribution in [0.15, 0.2) is 0 Å². The summed E-state index contributed by atoms with van der Waals surface area (Å²) in [7, 11) is 0. The van der Waals surface area contributed by atoms with Crippen LogP contribution in [-0.2, 0) is 4.79 Å². The maximum atomic E-state index is 8.89. The second-order valence-corrected chi connectivity index (χ2v) is 1.02. The minimum Gasteiger partial charge on any atom is -0.565 e. The first kappa shape index (κ1) is 29.3. The van der Waals surface area contributed by atoms with Crippen LogP contribution in [0.5, 0.6) is 0 Å². The second kappa shape index (κ2) is 23.3. The van der Waals surface area contributed by atoms with Crippen LogP contribution in [0, 0.1) is 0 Å². The third-order valence-electron chi connectivity index (χ3n) is 0. The van der Waals surface area contributed by atoms with E-state index in [1.54, 1.807) is 0 Å². The third-order valence-corrected chi connectivity index (χ3v) is 0. The van der Waals surface area contributed by atoms with Gasteiger partial charge in [0.15, 0.2) is 0 Å². The monoisotopic (exact) mass is 244 g/mol. The molecule has 0 aliphatic carbocycles. The molecule has 0 spiro atoms. The van der Waals surface area contributed by atoms with Gasteiger partial charge in [-0.3, -0.25) is 0 Å². The fourth-order valence-corrected chi connectivity index (χ4v) is 0. The van der Waals surface area contributed by atoms with E-state index >= 15 is 0 Å². The normalized spacial score (nSPS) is 5.21. The standard InChI is InChI=1S/C2H4O2.2CH2O3.K.Mg/c1-2(3)4;2*2-1(3)4;;/h1H3,(H,3,4);2*(H2,2,3,4);;/q;;;+1;+2/p-3. The molecule has 0 aromatic rings. The van der Waals surface area contributed by atoms with Crippen LogP contribution in [0.1, 0.15) is 6.92 Å². The molecule has 0 heterocycles. The van der Waals surface area contributed by atoms with Crippen LogP contribution < -0.4 is 66.7 Å². The number of hydrogen-bond acceptors (Lipinski definition) is 6. The molecule has 0 bridgehead atoms. The van der Waals surface area contributed by atoms with Crippen molar-refractivity contribution < 1.29 is 91.3 Å². The van der Waals surface area contributed by atoms with Crippen LogP contribution in [0.3, 0.4) is 0 Å². The number of carbonyl (C=O) groups excluding carboxylic acids is 1. The zero-order valence-corrected chi connectivity index (χ0v) is 12.1. The molecule has 0 saturated carbocycles. The second-order valence-electron chi connectivity index (χ2n) is 1.02. The van der Waals surface area contributed by atoms with Gasteiger partial charge >= 0.3 is 74.4 Å². The van der Waals surface area contributed by atoms with Crippen molar-refractivity contribution in [2.24, 2.45) is 0 Å². The van der Waals surface area contributed by atoms with Gasteiger partial charge in [-0.1, -0.05) is 0 Å². The number of hydrogen-bond donors (Lipinski definition) is 2. The summed E-state index contributed by atoms with van der Waals surface area (Å²) in [5, 5.41) is 39.5. The molecule has 8 nitrogen and oxygen atoms in total. The molecule has 14 heavy (non-hydrogen) atoms. The van der Waals surface area contributed by atoms with Crippen molar-refractivity contribution >= 4 is 41.3 Å². The van der Waals surface area contributed by atoms with Crippen LogP contribution in [0.25, 0.3) is 0 Å². The molecule has 10 heteroatoms. The van der Waals surface area contributed by atoms with Gasteiger partial charge in [0, 0.05) is 5.97 Å². The molecule has 0 aromatic carbocycles. The summed E-state index contributed by atoms with van der Waals surface area (Å²) in [6.07, 6.45) is -4.17. The van der Waals surface area contributed by atoms with Crippen LogP contribution in [0.2, 0.25) is 0 Å². The molecule has 0 amide bonds. The van der Waals surface area contributed by atoms with E-state index in [1.165, 1.54) is 0 Å². The van der Waals surface area contributed by atoms with E-state index in [1.807, 2.05) is 0 Å². The van der Waals surface area contributed by atoms with Crippen molar-refractivity contribution in [1.82, 2.24) is 0 Å². The molecule has 0 rings (SSSR count). The smallest absolute Gasteiger partial charge is 0.565 e. The minimum atomic E-state index is -2.08. The Hall–Kier alpha value is 0.413. The molecule has 0 fully saturated rings. The quantitative estimate of drug-likeness (QED) is 0.397. The molecular weight excluding hydrogens is 239 g/mol. The van der Waals surface area contributed by atoms with Gasteiger partial charge in [0.25, 0.3) is 0 Å². The fourth-order valence-electron chi connectivity index (χ4n) is 0. The average molecular weight is 244 g/mol. The molecule has 0 radical (unpaired) electrons. The van der Waals surface area contributed by atoms with E-state index in [0.29, 0.717) is 0 Å². The van der Waals surface area contributed by atoms with E-state index in [-0.39, 0.29) is 74.4 Å². The maximum Gasteiger partial charge on any atom is 2.00 e. The van der Waals surface area contributed by atoms with E-state index in [0.717, 1.165) is 6.92 Å². The number of carboxylic acids is 1. The minimum absolute atomic E-state index is 0. The summed E-state index contributed by atoms with van der Waals surface area (Å²) in [6.45, 7) is 0.972. The Morgan fingerprint density at radius 1 is 0.929 bits per heavy atom. The molecule has 0 aromatic heterocycles. The summed E-state index contributed by atoms with van der Waals surface area (Å²) in [4.78, 5) is 25.8. The molecule has 0 aliphatic rings. The Balaban J connectivity index is -0.0000000270. The van der Waals surface area contributed by atoms with Gasteiger partial charge in [-0.05, 0) is 6.92 Å². The predicted octanol–water partition coefficient (Wildman–Crippen LogP) is -6.85. The Bertz CT molecular complexity index is 119. The van der Waals surface area contributed by atoms with E-state index in [2.05, 4.69) is 0 Å². The number of rotatable bonds is 0. The molecule has 0 unspecified atom stereocenters. The molecule has 0 aliphatic heterocycles. The number of carboxylic acid groups (broad SMARTS) is 5. The largest absolute Gasteiger partial charge is 2.00 e. The van der Waals surface area contributed by atoms with Crippen molar-refractivity contribution in [2.75, 3.05) is 0 Å². The van der Waals surface area contributed by atoms with Crippen molar-refractivity contribution in [1.29, 1.82) is 0 Å². The van der Waals surface area contributed by atoms with Crippen molar-refractivity contribution in [3.8, 4) is 0 Å². The third kappa shape index (κ3) is 9500. The zero-order valence-electron chi connectivity index (χ0n) is 7.55. The topological polar surface area (TPSA) is 161 Å². The first-order valence-electron chi connectivity index (χ1n) is 2.17. The van der Waals surface area contributed by atoms with Gasteiger partial charge in [-0.15, -0.1) is 0 Å². The summed E-state index contributed by atoms with van der Waals surface area (Å²) in [6, 6.07) is 0. The van der Waals surface area contributed by atoms with Crippen LogP contribution in [-0.4, -0.2) is 51.5 Å². The van der Waals surface area contributed by atoms with E-state index in [4.69, 9.17) is 39.9 Å². The first-order chi connectivity index (χ1) is 5.20. The van der Waals surface area contributed by atoms with Gasteiger partial charge in [0.05, 0.1) is 0 Å². The molecule has 0 atom stereocenters. The molecule has 0 saturated heterocycles. The molecular formula is C4H5KMgO8. The maximum absolute atomic E-state index is 8.89. The Morgan fingerprint density at radius 2 is 0.929 bits per heavy atom. The predicted molar refractivity (Wildman–Crippen MR) is 32.5 cm³/mol. The van der Waals surface area contributed by atoms with Gasteiger partial charge in [0.2, 0.25) is 12.3 Å². The van der Waals surface area contributed by atoms with E-state index in [9.17, 15) is 0 Å². The summed E-state index contributed by atoms with van der Waals surface area (Å²) >= 11 is 0. The summed E-state index contributed by atoms with van der Waals surface area (Å²) in [5.74, 6) is -1.08. The van der Waals surface area contributed by atoms with Crippen LogP contribution >= 0.6 is 0 Å². The molecule has 2 N–H and O–H groups in total.